The van der Waals surface area contributed by atoms with E-state index in [1.54, 1.807) is 0 Å². The Hall–Kier alpha value is -2.23. The van der Waals surface area contributed by atoms with Crippen LogP contribution in [0.4, 0.5) is 14.5 Å². The van der Waals surface area contributed by atoms with E-state index in [9.17, 15) is 13.6 Å². The molecule has 0 unspecified atom stereocenters. The van der Waals surface area contributed by atoms with E-state index in [1.165, 1.54) is 6.07 Å². The average Bonchev–Trinajstić information content (AvgIpc) is 2.41. The molecule has 0 heterocycles. The van der Waals surface area contributed by atoms with Crippen LogP contribution in [0.2, 0.25) is 0 Å². The maximum absolute atomic E-state index is 13.4. The Balaban J connectivity index is 1.91. The fraction of sp³-hybridized carbons (Fsp3) is 0.133. The van der Waals surface area contributed by atoms with Crippen molar-refractivity contribution in [3.05, 3.63) is 65.7 Å². The van der Waals surface area contributed by atoms with Crippen LogP contribution in [-0.2, 0) is 11.2 Å². The van der Waals surface area contributed by atoms with Crippen LogP contribution in [0, 0.1) is 11.6 Å². The zero-order valence-electron chi connectivity index (χ0n) is 10.2. The fourth-order valence-electron chi connectivity index (χ4n) is 1.70. The van der Waals surface area contributed by atoms with Gasteiger partial charge in [0, 0.05) is 18.2 Å². The van der Waals surface area contributed by atoms with Gasteiger partial charge in [-0.05, 0) is 23.8 Å². The highest BCUT2D eigenvalue weighted by molar-refractivity contribution is 5.85. The van der Waals surface area contributed by atoms with Gasteiger partial charge in [0.15, 0.2) is 5.78 Å². The predicted molar refractivity (Wildman–Crippen MR) is 70.0 cm³/mol. The van der Waals surface area contributed by atoms with Gasteiger partial charge in [-0.1, -0.05) is 24.3 Å². The van der Waals surface area contributed by atoms with E-state index >= 15 is 0 Å². The summed E-state index contributed by atoms with van der Waals surface area (Å²) in [6.45, 7) is 0.112. The molecule has 0 radical (unpaired) electrons. The number of carbonyl (C=O) groups is 1. The van der Waals surface area contributed by atoms with Gasteiger partial charge in [-0.15, -0.1) is 0 Å². The van der Waals surface area contributed by atoms with Crippen LogP contribution < -0.4 is 5.32 Å². The summed E-state index contributed by atoms with van der Waals surface area (Å²) < 4.78 is 26.1. The van der Waals surface area contributed by atoms with Gasteiger partial charge in [0.25, 0.3) is 0 Å². The number of carbonyl (C=O) groups excluding carboxylic acids is 1. The SMILES string of the molecule is O=C(CNc1ccccc1)Cc1ccc(F)cc1F. The smallest absolute Gasteiger partial charge is 0.156 e. The van der Waals surface area contributed by atoms with E-state index in [-0.39, 0.29) is 24.3 Å². The molecule has 19 heavy (non-hydrogen) atoms. The van der Waals surface area contributed by atoms with Gasteiger partial charge in [0.1, 0.15) is 11.6 Å². The highest BCUT2D eigenvalue weighted by atomic mass is 19.1. The van der Waals surface area contributed by atoms with Gasteiger partial charge >= 0.3 is 0 Å². The molecule has 0 atom stereocenters. The highest BCUT2D eigenvalue weighted by Crippen LogP contribution is 2.11. The standard InChI is InChI=1S/C15H13F2NO/c16-12-7-6-11(15(17)9-12)8-14(19)10-18-13-4-2-1-3-5-13/h1-7,9,18H,8,10H2. The van der Waals surface area contributed by atoms with E-state index < -0.39 is 11.6 Å². The van der Waals surface area contributed by atoms with Crippen LogP contribution in [0.15, 0.2) is 48.5 Å². The molecule has 2 aromatic carbocycles. The largest absolute Gasteiger partial charge is 0.378 e. The average molecular weight is 261 g/mol. The normalized spacial score (nSPS) is 10.2. The summed E-state index contributed by atoms with van der Waals surface area (Å²) >= 11 is 0. The van der Waals surface area contributed by atoms with Gasteiger partial charge in [0.2, 0.25) is 0 Å². The van der Waals surface area contributed by atoms with Gasteiger partial charge < -0.3 is 5.32 Å². The van der Waals surface area contributed by atoms with Crippen molar-refractivity contribution in [1.29, 1.82) is 0 Å². The molecule has 0 fully saturated rings. The molecule has 1 N–H and O–H groups in total. The molecule has 0 aliphatic rings. The van der Waals surface area contributed by atoms with Crippen molar-refractivity contribution in [2.75, 3.05) is 11.9 Å². The van der Waals surface area contributed by atoms with Gasteiger partial charge in [-0.2, -0.15) is 0 Å². The number of Topliss-reactive ketones (excluding diaryl/α,β-unsaturated/α-hetero) is 1. The van der Waals surface area contributed by atoms with Crippen LogP contribution >= 0.6 is 0 Å². The summed E-state index contributed by atoms with van der Waals surface area (Å²) in [7, 11) is 0. The summed E-state index contributed by atoms with van der Waals surface area (Å²) in [5, 5.41) is 2.95. The second-order valence-corrected chi connectivity index (χ2v) is 4.17. The monoisotopic (exact) mass is 261 g/mol. The van der Waals surface area contributed by atoms with Gasteiger partial charge in [-0.3, -0.25) is 4.79 Å². The second-order valence-electron chi connectivity index (χ2n) is 4.17. The third-order valence-electron chi connectivity index (χ3n) is 2.67. The summed E-state index contributed by atoms with van der Waals surface area (Å²) in [5.41, 5.74) is 1.04. The van der Waals surface area contributed by atoms with Crippen molar-refractivity contribution in [2.24, 2.45) is 0 Å². The van der Waals surface area contributed by atoms with Crippen LogP contribution in [-0.4, -0.2) is 12.3 Å². The minimum absolute atomic E-state index is 0.0497. The molecule has 2 nitrogen and oxygen atoms in total. The highest BCUT2D eigenvalue weighted by Gasteiger charge is 2.09. The molecule has 0 bridgehead atoms. The zero-order valence-corrected chi connectivity index (χ0v) is 10.2. The summed E-state index contributed by atoms with van der Waals surface area (Å²) in [6.07, 6.45) is -0.0497. The number of ketones is 1. The maximum Gasteiger partial charge on any atom is 0.156 e. The molecule has 0 aliphatic heterocycles. The minimum Gasteiger partial charge on any atom is -0.378 e. The molecule has 0 saturated heterocycles. The maximum atomic E-state index is 13.4. The number of benzene rings is 2. The third kappa shape index (κ3) is 3.88. The molecule has 2 rings (SSSR count). The lowest BCUT2D eigenvalue weighted by atomic mass is 10.1. The molecule has 98 valence electrons. The van der Waals surface area contributed by atoms with E-state index in [4.69, 9.17) is 0 Å². The molecular formula is C15H13F2NO. The van der Waals surface area contributed by atoms with Crippen molar-refractivity contribution in [3.8, 4) is 0 Å². The lowest BCUT2D eigenvalue weighted by Crippen LogP contribution is -2.16. The lowest BCUT2D eigenvalue weighted by Gasteiger charge is -2.06. The molecule has 0 aromatic heterocycles. The van der Waals surface area contributed by atoms with Gasteiger partial charge in [-0.25, -0.2) is 8.78 Å². The topological polar surface area (TPSA) is 29.1 Å². The molecule has 0 amide bonds. The van der Waals surface area contributed by atoms with Crippen molar-refractivity contribution in [3.63, 3.8) is 0 Å². The number of hydrogen-bond acceptors (Lipinski definition) is 2. The van der Waals surface area contributed by atoms with Crippen LogP contribution in [0.5, 0.6) is 0 Å². The Kier molecular flexibility index (Phi) is 4.23. The van der Waals surface area contributed by atoms with Crippen LogP contribution in [0.3, 0.4) is 0 Å². The molecule has 4 heteroatoms. The van der Waals surface area contributed by atoms with Crippen molar-refractivity contribution in [2.45, 2.75) is 6.42 Å². The van der Waals surface area contributed by atoms with E-state index in [2.05, 4.69) is 5.32 Å². The first kappa shape index (κ1) is 13.2. The number of nitrogens with one attached hydrogen (secondary N) is 1. The quantitative estimate of drug-likeness (QED) is 0.895. The Bertz CT molecular complexity index is 570. The van der Waals surface area contributed by atoms with E-state index in [0.29, 0.717) is 0 Å². The third-order valence-corrected chi connectivity index (χ3v) is 2.67. The molecule has 2 aromatic rings. The minimum atomic E-state index is -0.687. The molecular weight excluding hydrogens is 248 g/mol. The summed E-state index contributed by atoms with van der Waals surface area (Å²) in [5.74, 6) is -1.49. The first-order chi connectivity index (χ1) is 9.15. The molecule has 0 spiro atoms. The Morgan fingerprint density at radius 3 is 2.47 bits per heavy atom. The zero-order chi connectivity index (χ0) is 13.7. The van der Waals surface area contributed by atoms with Crippen LogP contribution in [0.1, 0.15) is 5.56 Å². The second kappa shape index (κ2) is 6.09. The number of hydrogen-bond donors (Lipinski definition) is 1. The fourth-order valence-corrected chi connectivity index (χ4v) is 1.70. The molecule has 0 aliphatic carbocycles. The Morgan fingerprint density at radius 1 is 1.05 bits per heavy atom. The van der Waals surface area contributed by atoms with Crippen molar-refractivity contribution < 1.29 is 13.6 Å². The number of para-hydroxylation sites is 1. The van der Waals surface area contributed by atoms with E-state index in [1.807, 2.05) is 30.3 Å². The molecule has 0 saturated carbocycles. The number of halogens is 2. The van der Waals surface area contributed by atoms with Gasteiger partial charge in [0.05, 0.1) is 6.54 Å². The number of anilines is 1. The Morgan fingerprint density at radius 2 is 1.79 bits per heavy atom. The lowest BCUT2D eigenvalue weighted by molar-refractivity contribution is -0.116. The number of rotatable bonds is 5. The predicted octanol–water partition coefficient (Wildman–Crippen LogP) is 3.19. The van der Waals surface area contributed by atoms with E-state index in [0.717, 1.165) is 17.8 Å². The summed E-state index contributed by atoms with van der Waals surface area (Å²) in [6, 6.07) is 12.5. The first-order valence-corrected chi connectivity index (χ1v) is 5.90. The summed E-state index contributed by atoms with van der Waals surface area (Å²) in [4.78, 5) is 11.7. The Labute approximate surface area is 110 Å². The van der Waals surface area contributed by atoms with Crippen molar-refractivity contribution >= 4 is 11.5 Å². The van der Waals surface area contributed by atoms with Crippen LogP contribution in [0.25, 0.3) is 0 Å². The first-order valence-electron chi connectivity index (χ1n) is 5.90. The van der Waals surface area contributed by atoms with Crippen molar-refractivity contribution in [1.82, 2.24) is 0 Å².